The maximum absolute atomic E-state index is 12.7. The summed E-state index contributed by atoms with van der Waals surface area (Å²) in [6.07, 6.45) is 2.83. The van der Waals surface area contributed by atoms with Crippen LogP contribution in [0.4, 0.5) is 0 Å². The first-order valence-corrected chi connectivity index (χ1v) is 8.63. The van der Waals surface area contributed by atoms with Gasteiger partial charge in [-0.2, -0.15) is 4.98 Å². The van der Waals surface area contributed by atoms with E-state index < -0.39 is 0 Å². The Morgan fingerprint density at radius 2 is 2.45 bits per heavy atom. The predicted octanol–water partition coefficient (Wildman–Crippen LogP) is 3.02. The number of nitrogens with zero attached hydrogens (tertiary/aromatic N) is 3. The van der Waals surface area contributed by atoms with Crippen molar-refractivity contribution in [2.24, 2.45) is 5.92 Å². The van der Waals surface area contributed by atoms with Crippen molar-refractivity contribution in [3.8, 4) is 0 Å². The minimum absolute atomic E-state index is 0.0180. The Balaban J connectivity index is 1.62. The van der Waals surface area contributed by atoms with E-state index in [1.165, 1.54) is 4.88 Å². The molecule has 0 aromatic carbocycles. The fourth-order valence-corrected chi connectivity index (χ4v) is 3.83. The minimum atomic E-state index is 0.0180. The molecule has 0 saturated carbocycles. The van der Waals surface area contributed by atoms with Gasteiger partial charge in [-0.1, -0.05) is 18.1 Å². The molecule has 3 rings (SSSR count). The van der Waals surface area contributed by atoms with Gasteiger partial charge in [0.25, 0.3) is 0 Å². The number of carbonyl (C=O) groups is 1. The highest BCUT2D eigenvalue weighted by molar-refractivity contribution is 7.09. The summed E-state index contributed by atoms with van der Waals surface area (Å²) in [6.45, 7) is 5.35. The molecule has 1 amide bonds. The zero-order valence-electron chi connectivity index (χ0n) is 13.0. The molecule has 2 unspecified atom stereocenters. The second-order valence-electron chi connectivity index (χ2n) is 5.98. The van der Waals surface area contributed by atoms with Gasteiger partial charge in [-0.15, -0.1) is 11.3 Å². The topological polar surface area (TPSA) is 59.2 Å². The van der Waals surface area contributed by atoms with Crippen LogP contribution in [-0.4, -0.2) is 34.0 Å². The Labute approximate surface area is 134 Å². The molecule has 2 atom stereocenters. The number of hydrogen-bond acceptors (Lipinski definition) is 5. The van der Waals surface area contributed by atoms with Gasteiger partial charge in [0.15, 0.2) is 5.82 Å². The minimum Gasteiger partial charge on any atom is -0.342 e. The third kappa shape index (κ3) is 3.38. The molecule has 1 aliphatic heterocycles. The molecule has 1 fully saturated rings. The quantitative estimate of drug-likeness (QED) is 0.869. The molecular weight excluding hydrogens is 298 g/mol. The van der Waals surface area contributed by atoms with E-state index in [0.717, 1.165) is 31.6 Å². The molecule has 0 aliphatic carbocycles. The highest BCUT2D eigenvalue weighted by Gasteiger charge is 2.29. The van der Waals surface area contributed by atoms with E-state index in [0.29, 0.717) is 12.4 Å². The largest absolute Gasteiger partial charge is 0.342 e. The van der Waals surface area contributed by atoms with Gasteiger partial charge < -0.3 is 9.42 Å². The molecule has 0 radical (unpaired) electrons. The molecule has 2 aromatic heterocycles. The molecule has 0 spiro atoms. The summed E-state index contributed by atoms with van der Waals surface area (Å²) in [5.74, 6) is 1.78. The molecule has 3 heterocycles. The monoisotopic (exact) mass is 319 g/mol. The molecule has 1 aliphatic rings. The van der Waals surface area contributed by atoms with Crippen molar-refractivity contribution in [1.82, 2.24) is 15.0 Å². The maximum Gasteiger partial charge on any atom is 0.225 e. The number of likely N-dealkylation sites (tertiary alicyclic amines) is 1. The Kier molecular flexibility index (Phi) is 4.57. The zero-order valence-corrected chi connectivity index (χ0v) is 13.8. The Hall–Kier alpha value is -1.69. The van der Waals surface area contributed by atoms with Gasteiger partial charge in [-0.05, 0) is 30.7 Å². The first-order chi connectivity index (χ1) is 10.6. The van der Waals surface area contributed by atoms with Crippen molar-refractivity contribution in [3.05, 3.63) is 34.1 Å². The van der Waals surface area contributed by atoms with E-state index in [1.54, 1.807) is 18.3 Å². The van der Waals surface area contributed by atoms with Crippen LogP contribution in [0, 0.1) is 12.8 Å². The lowest BCUT2D eigenvalue weighted by Crippen LogP contribution is -2.42. The van der Waals surface area contributed by atoms with Gasteiger partial charge in [-0.25, -0.2) is 0 Å². The van der Waals surface area contributed by atoms with Crippen LogP contribution >= 0.6 is 11.3 Å². The van der Waals surface area contributed by atoms with E-state index >= 15 is 0 Å². The van der Waals surface area contributed by atoms with Crippen molar-refractivity contribution in [3.63, 3.8) is 0 Å². The number of carbonyl (C=O) groups excluding carboxylic acids is 1. The number of aryl methyl sites for hydroxylation is 1. The second kappa shape index (κ2) is 6.60. The summed E-state index contributed by atoms with van der Waals surface area (Å²) >= 11 is 1.71. The number of thiophene rings is 1. The Morgan fingerprint density at radius 3 is 3.14 bits per heavy atom. The molecule has 0 N–H and O–H groups in total. The number of aromatic nitrogens is 2. The van der Waals surface area contributed by atoms with E-state index in [9.17, 15) is 4.79 Å². The first kappa shape index (κ1) is 15.2. The van der Waals surface area contributed by atoms with Crippen LogP contribution in [0.5, 0.6) is 0 Å². The predicted molar refractivity (Wildman–Crippen MR) is 84.8 cm³/mol. The number of amides is 1. The third-order valence-electron chi connectivity index (χ3n) is 4.15. The first-order valence-electron chi connectivity index (χ1n) is 7.75. The van der Waals surface area contributed by atoms with Crippen LogP contribution in [0.15, 0.2) is 22.0 Å². The van der Waals surface area contributed by atoms with E-state index in [2.05, 4.69) is 21.6 Å². The third-order valence-corrected chi connectivity index (χ3v) is 5.05. The molecule has 6 heteroatoms. The van der Waals surface area contributed by atoms with Crippen molar-refractivity contribution in [1.29, 1.82) is 0 Å². The van der Waals surface area contributed by atoms with Crippen molar-refractivity contribution >= 4 is 17.2 Å². The van der Waals surface area contributed by atoms with Crippen LogP contribution in [0.3, 0.4) is 0 Å². The summed E-state index contributed by atoms with van der Waals surface area (Å²) in [5, 5.41) is 6.07. The SMILES string of the molecule is Cc1nc(C2CCCN(C(=O)C(C)Cc3cccs3)C2)no1. The summed E-state index contributed by atoms with van der Waals surface area (Å²) in [5.41, 5.74) is 0. The normalized spacial score (nSPS) is 20.1. The molecule has 0 bridgehead atoms. The van der Waals surface area contributed by atoms with Crippen LogP contribution in [-0.2, 0) is 11.2 Å². The van der Waals surface area contributed by atoms with Gasteiger partial charge in [0.2, 0.25) is 11.8 Å². The Morgan fingerprint density at radius 1 is 1.59 bits per heavy atom. The maximum atomic E-state index is 12.7. The van der Waals surface area contributed by atoms with Gasteiger partial charge in [0.1, 0.15) is 0 Å². The fourth-order valence-electron chi connectivity index (χ4n) is 3.00. The van der Waals surface area contributed by atoms with E-state index in [-0.39, 0.29) is 17.7 Å². The van der Waals surface area contributed by atoms with Crippen LogP contribution in [0.1, 0.15) is 42.3 Å². The molecule has 1 saturated heterocycles. The van der Waals surface area contributed by atoms with Crippen LogP contribution < -0.4 is 0 Å². The van der Waals surface area contributed by atoms with E-state index in [1.807, 2.05) is 17.9 Å². The molecule has 118 valence electrons. The van der Waals surface area contributed by atoms with Crippen molar-refractivity contribution in [2.75, 3.05) is 13.1 Å². The van der Waals surface area contributed by atoms with Crippen LogP contribution in [0.25, 0.3) is 0 Å². The van der Waals surface area contributed by atoms with Gasteiger partial charge in [0, 0.05) is 36.7 Å². The van der Waals surface area contributed by atoms with Crippen molar-refractivity contribution < 1.29 is 9.32 Å². The second-order valence-corrected chi connectivity index (χ2v) is 7.01. The number of rotatable bonds is 4. The van der Waals surface area contributed by atoms with Crippen LogP contribution in [0.2, 0.25) is 0 Å². The summed E-state index contributed by atoms with van der Waals surface area (Å²) < 4.78 is 5.07. The number of piperidine rings is 1. The number of hydrogen-bond donors (Lipinski definition) is 0. The average Bonchev–Trinajstić information content (AvgIpc) is 3.18. The smallest absolute Gasteiger partial charge is 0.225 e. The molecule has 22 heavy (non-hydrogen) atoms. The van der Waals surface area contributed by atoms with Gasteiger partial charge >= 0.3 is 0 Å². The van der Waals surface area contributed by atoms with Gasteiger partial charge in [0.05, 0.1) is 0 Å². The lowest BCUT2D eigenvalue weighted by atomic mass is 9.95. The van der Waals surface area contributed by atoms with E-state index in [4.69, 9.17) is 4.52 Å². The molecular formula is C16H21N3O2S. The average molecular weight is 319 g/mol. The summed E-state index contributed by atoms with van der Waals surface area (Å²) in [4.78, 5) is 20.2. The molecule has 2 aromatic rings. The lowest BCUT2D eigenvalue weighted by molar-refractivity contribution is -0.136. The lowest BCUT2D eigenvalue weighted by Gasteiger charge is -2.33. The highest BCUT2D eigenvalue weighted by atomic mass is 32.1. The standard InChI is InChI=1S/C16H21N3O2S/c1-11(9-14-6-4-8-22-14)16(20)19-7-3-5-13(10-19)15-17-12(2)21-18-15/h4,6,8,11,13H,3,5,7,9-10H2,1-2H3. The highest BCUT2D eigenvalue weighted by Crippen LogP contribution is 2.26. The summed E-state index contributed by atoms with van der Waals surface area (Å²) in [7, 11) is 0. The summed E-state index contributed by atoms with van der Waals surface area (Å²) in [6, 6.07) is 4.13. The fraction of sp³-hybridized carbons (Fsp3) is 0.562. The zero-order chi connectivity index (χ0) is 15.5. The Bertz CT molecular complexity index is 623. The van der Waals surface area contributed by atoms with Crippen molar-refractivity contribution in [2.45, 2.75) is 39.0 Å². The van der Waals surface area contributed by atoms with Gasteiger partial charge in [-0.3, -0.25) is 4.79 Å². The molecule has 5 nitrogen and oxygen atoms in total.